The van der Waals surface area contributed by atoms with E-state index in [2.05, 4.69) is 10.6 Å². The standard InChI is InChI=1S/C17H15Cl2N3O3/c18-12-5-6-14(19)13(7-12)17(25)21-8-10-1-3-11(4-2-10)16(24)22-9-15(20)23/h1-7H,8-9H2,(H2,20,23)(H,21,25)(H,22,24). The molecule has 2 rings (SSSR count). The van der Waals surface area contributed by atoms with Crippen LogP contribution in [0.2, 0.25) is 10.0 Å². The zero-order chi connectivity index (χ0) is 18.4. The molecule has 25 heavy (non-hydrogen) atoms. The second kappa shape index (κ2) is 8.50. The van der Waals surface area contributed by atoms with Gasteiger partial charge in [0.05, 0.1) is 17.1 Å². The van der Waals surface area contributed by atoms with Crippen LogP contribution in [0.4, 0.5) is 0 Å². The van der Waals surface area contributed by atoms with Crippen molar-refractivity contribution in [3.05, 3.63) is 69.2 Å². The lowest BCUT2D eigenvalue weighted by molar-refractivity contribution is -0.117. The van der Waals surface area contributed by atoms with Gasteiger partial charge in [-0.25, -0.2) is 0 Å². The molecule has 0 spiro atoms. The number of benzene rings is 2. The molecule has 0 saturated heterocycles. The number of hydrogen-bond donors (Lipinski definition) is 3. The highest BCUT2D eigenvalue weighted by molar-refractivity contribution is 6.35. The van der Waals surface area contributed by atoms with Gasteiger partial charge in [0.15, 0.2) is 0 Å². The molecule has 0 aliphatic rings. The monoisotopic (exact) mass is 379 g/mol. The first-order valence-corrected chi connectivity index (χ1v) is 8.01. The fourth-order valence-electron chi connectivity index (χ4n) is 1.99. The van der Waals surface area contributed by atoms with Crippen LogP contribution in [0.1, 0.15) is 26.3 Å². The van der Waals surface area contributed by atoms with Gasteiger partial charge in [-0.3, -0.25) is 14.4 Å². The van der Waals surface area contributed by atoms with Gasteiger partial charge in [-0.1, -0.05) is 35.3 Å². The summed E-state index contributed by atoms with van der Waals surface area (Å²) in [5.41, 5.74) is 6.43. The largest absolute Gasteiger partial charge is 0.368 e. The van der Waals surface area contributed by atoms with Gasteiger partial charge >= 0.3 is 0 Å². The first-order valence-electron chi connectivity index (χ1n) is 7.25. The van der Waals surface area contributed by atoms with Crippen molar-refractivity contribution in [3.63, 3.8) is 0 Å². The van der Waals surface area contributed by atoms with Crippen LogP contribution >= 0.6 is 23.2 Å². The van der Waals surface area contributed by atoms with Gasteiger partial charge in [0.25, 0.3) is 11.8 Å². The zero-order valence-corrected chi connectivity index (χ0v) is 14.5. The lowest BCUT2D eigenvalue weighted by Crippen LogP contribution is -2.33. The minimum atomic E-state index is -0.618. The van der Waals surface area contributed by atoms with Crippen LogP contribution in [-0.2, 0) is 11.3 Å². The fraction of sp³-hybridized carbons (Fsp3) is 0.118. The fourth-order valence-corrected chi connectivity index (χ4v) is 2.37. The lowest BCUT2D eigenvalue weighted by Gasteiger charge is -2.08. The van der Waals surface area contributed by atoms with Crippen molar-refractivity contribution in [2.45, 2.75) is 6.54 Å². The molecule has 8 heteroatoms. The number of halogens is 2. The number of rotatable bonds is 6. The predicted octanol–water partition coefficient (Wildman–Crippen LogP) is 2.14. The quantitative estimate of drug-likeness (QED) is 0.716. The molecule has 0 fully saturated rings. The first kappa shape index (κ1) is 18.8. The van der Waals surface area contributed by atoms with Crippen molar-refractivity contribution in [1.29, 1.82) is 0 Å². The molecule has 0 aliphatic carbocycles. The number of amides is 3. The van der Waals surface area contributed by atoms with Gasteiger partial charge in [-0.15, -0.1) is 0 Å². The Morgan fingerprint density at radius 3 is 2.24 bits per heavy atom. The first-order chi connectivity index (χ1) is 11.9. The van der Waals surface area contributed by atoms with Gasteiger partial charge in [0.1, 0.15) is 0 Å². The Morgan fingerprint density at radius 1 is 0.920 bits per heavy atom. The summed E-state index contributed by atoms with van der Waals surface area (Å²) in [6.07, 6.45) is 0. The van der Waals surface area contributed by atoms with E-state index in [-0.39, 0.29) is 24.6 Å². The van der Waals surface area contributed by atoms with Crippen LogP contribution in [0.5, 0.6) is 0 Å². The van der Waals surface area contributed by atoms with Crippen molar-refractivity contribution in [2.75, 3.05) is 6.54 Å². The maximum Gasteiger partial charge on any atom is 0.253 e. The molecule has 0 bridgehead atoms. The number of nitrogens with two attached hydrogens (primary N) is 1. The predicted molar refractivity (Wildman–Crippen MR) is 95.6 cm³/mol. The van der Waals surface area contributed by atoms with Gasteiger partial charge in [0.2, 0.25) is 5.91 Å². The van der Waals surface area contributed by atoms with Crippen LogP contribution in [0.3, 0.4) is 0 Å². The van der Waals surface area contributed by atoms with E-state index in [4.69, 9.17) is 28.9 Å². The smallest absolute Gasteiger partial charge is 0.253 e. The molecule has 130 valence electrons. The van der Waals surface area contributed by atoms with Crippen molar-refractivity contribution in [1.82, 2.24) is 10.6 Å². The van der Waals surface area contributed by atoms with Gasteiger partial charge in [-0.2, -0.15) is 0 Å². The summed E-state index contributed by atoms with van der Waals surface area (Å²) in [5, 5.41) is 5.85. The number of primary amides is 1. The molecule has 0 atom stereocenters. The van der Waals surface area contributed by atoms with Crippen LogP contribution in [0.25, 0.3) is 0 Å². The van der Waals surface area contributed by atoms with E-state index >= 15 is 0 Å². The minimum Gasteiger partial charge on any atom is -0.368 e. The molecule has 6 nitrogen and oxygen atoms in total. The summed E-state index contributed by atoms with van der Waals surface area (Å²) in [4.78, 5) is 34.6. The molecular weight excluding hydrogens is 365 g/mol. The topological polar surface area (TPSA) is 101 Å². The maximum atomic E-state index is 12.2. The van der Waals surface area contributed by atoms with Crippen LogP contribution in [0.15, 0.2) is 42.5 Å². The van der Waals surface area contributed by atoms with Crippen molar-refractivity contribution >= 4 is 40.9 Å². The highest BCUT2D eigenvalue weighted by Gasteiger charge is 2.11. The summed E-state index contributed by atoms with van der Waals surface area (Å²) in [6, 6.07) is 11.2. The van der Waals surface area contributed by atoms with Crippen molar-refractivity contribution in [2.24, 2.45) is 5.73 Å². The molecule has 0 aliphatic heterocycles. The summed E-state index contributed by atoms with van der Waals surface area (Å²) in [5.74, 6) is -1.37. The van der Waals surface area contributed by atoms with Crippen molar-refractivity contribution in [3.8, 4) is 0 Å². The molecule has 3 amide bonds. The van der Waals surface area contributed by atoms with Gasteiger partial charge < -0.3 is 16.4 Å². The van der Waals surface area contributed by atoms with Crippen LogP contribution in [0, 0.1) is 0 Å². The van der Waals surface area contributed by atoms with Gasteiger partial charge in [-0.05, 0) is 35.9 Å². The van der Waals surface area contributed by atoms with E-state index in [1.54, 1.807) is 36.4 Å². The molecule has 0 radical (unpaired) electrons. The third-order valence-electron chi connectivity index (χ3n) is 3.27. The highest BCUT2D eigenvalue weighted by atomic mass is 35.5. The Bertz CT molecular complexity index is 807. The highest BCUT2D eigenvalue weighted by Crippen LogP contribution is 2.20. The van der Waals surface area contributed by atoms with Crippen LogP contribution < -0.4 is 16.4 Å². The summed E-state index contributed by atoms with van der Waals surface area (Å²) in [7, 11) is 0. The normalized spacial score (nSPS) is 10.2. The maximum absolute atomic E-state index is 12.2. The third kappa shape index (κ3) is 5.48. The summed E-state index contributed by atoms with van der Waals surface area (Å²) >= 11 is 11.8. The Labute approximate surface area is 154 Å². The molecular formula is C17H15Cl2N3O3. The molecule has 0 saturated carbocycles. The Morgan fingerprint density at radius 2 is 1.60 bits per heavy atom. The molecule has 4 N–H and O–H groups in total. The number of hydrogen-bond acceptors (Lipinski definition) is 3. The van der Waals surface area contributed by atoms with Crippen molar-refractivity contribution < 1.29 is 14.4 Å². The van der Waals surface area contributed by atoms with E-state index in [1.165, 1.54) is 6.07 Å². The lowest BCUT2D eigenvalue weighted by atomic mass is 10.1. The minimum absolute atomic E-state index is 0.225. The van der Waals surface area contributed by atoms with E-state index in [0.717, 1.165) is 5.56 Å². The van der Waals surface area contributed by atoms with Gasteiger partial charge in [0, 0.05) is 17.1 Å². The Kier molecular flexibility index (Phi) is 6.38. The summed E-state index contributed by atoms with van der Waals surface area (Å²) in [6.45, 7) is 0.0297. The number of carbonyl (C=O) groups is 3. The second-order valence-electron chi connectivity index (χ2n) is 5.15. The molecule has 0 aromatic heterocycles. The average Bonchev–Trinajstić information content (AvgIpc) is 2.60. The number of carbonyl (C=O) groups excluding carboxylic acids is 3. The summed E-state index contributed by atoms with van der Waals surface area (Å²) < 4.78 is 0. The Hall–Kier alpha value is -2.57. The molecule has 0 heterocycles. The number of nitrogens with one attached hydrogen (secondary N) is 2. The van der Waals surface area contributed by atoms with E-state index in [1.807, 2.05) is 0 Å². The average molecular weight is 380 g/mol. The second-order valence-corrected chi connectivity index (χ2v) is 6.00. The third-order valence-corrected chi connectivity index (χ3v) is 3.83. The Balaban J connectivity index is 1.95. The molecule has 2 aromatic rings. The van der Waals surface area contributed by atoms with E-state index in [0.29, 0.717) is 15.6 Å². The molecule has 0 unspecified atom stereocenters. The van der Waals surface area contributed by atoms with E-state index in [9.17, 15) is 14.4 Å². The van der Waals surface area contributed by atoms with Crippen LogP contribution in [-0.4, -0.2) is 24.3 Å². The SMILES string of the molecule is NC(=O)CNC(=O)c1ccc(CNC(=O)c2cc(Cl)ccc2Cl)cc1. The van der Waals surface area contributed by atoms with E-state index < -0.39 is 11.8 Å². The molecule has 2 aromatic carbocycles. The zero-order valence-electron chi connectivity index (χ0n) is 13.0.